The summed E-state index contributed by atoms with van der Waals surface area (Å²) in [5.41, 5.74) is 2.30. The predicted molar refractivity (Wildman–Crippen MR) is 128 cm³/mol. The number of para-hydroxylation sites is 1. The van der Waals surface area contributed by atoms with E-state index >= 15 is 0 Å². The predicted octanol–water partition coefficient (Wildman–Crippen LogP) is 4.42. The molecule has 1 heterocycles. The van der Waals surface area contributed by atoms with Crippen molar-refractivity contribution in [1.82, 2.24) is 10.2 Å². The number of ether oxygens (including phenoxy) is 4. The molecule has 1 aliphatic rings. The van der Waals surface area contributed by atoms with Crippen LogP contribution in [0, 0.1) is 0 Å². The third kappa shape index (κ3) is 5.11. The molecule has 2 amide bonds. The number of esters is 1. The Hall–Kier alpha value is -3.68. The minimum atomic E-state index is -0.813. The average molecular weight is 469 g/mol. The van der Waals surface area contributed by atoms with E-state index in [1.807, 2.05) is 24.3 Å². The number of hydrogen-bond donors (Lipinski definition) is 1. The summed E-state index contributed by atoms with van der Waals surface area (Å²) in [7, 11) is 4.68. The van der Waals surface area contributed by atoms with Gasteiger partial charge in [0.25, 0.3) is 0 Å². The Morgan fingerprint density at radius 2 is 1.82 bits per heavy atom. The van der Waals surface area contributed by atoms with E-state index in [0.717, 1.165) is 5.56 Å². The van der Waals surface area contributed by atoms with Crippen LogP contribution in [0.3, 0.4) is 0 Å². The van der Waals surface area contributed by atoms with Crippen molar-refractivity contribution in [2.45, 2.75) is 32.7 Å². The van der Waals surface area contributed by atoms with Crippen LogP contribution < -0.4 is 19.5 Å². The quantitative estimate of drug-likeness (QED) is 0.549. The summed E-state index contributed by atoms with van der Waals surface area (Å²) in [4.78, 5) is 27.5. The molecule has 0 unspecified atom stereocenters. The molecule has 3 rings (SSSR count). The van der Waals surface area contributed by atoms with Gasteiger partial charge in [-0.3, -0.25) is 4.90 Å². The van der Waals surface area contributed by atoms with Gasteiger partial charge >= 0.3 is 12.0 Å². The summed E-state index contributed by atoms with van der Waals surface area (Å²) in [6.07, 6.45) is 0. The number of nitrogens with zero attached hydrogens (tertiary/aromatic N) is 1. The van der Waals surface area contributed by atoms with Crippen molar-refractivity contribution in [2.24, 2.45) is 0 Å². The number of amides is 2. The van der Waals surface area contributed by atoms with Gasteiger partial charge < -0.3 is 24.3 Å². The van der Waals surface area contributed by atoms with E-state index < -0.39 is 12.0 Å². The molecule has 1 N–H and O–H groups in total. The lowest BCUT2D eigenvalue weighted by Crippen LogP contribution is -2.48. The standard InChI is InChI=1S/C26H32N2O6/c1-7-33-25(29)23-20(15-34-22-11-9-8-10-18(22)16(2)3)28(4)26(30)27-24(23)19-14-17(31-5)12-13-21(19)32-6/h8-14,16,24H,7,15H2,1-6H3,(H,27,30)/t24-/m0/s1. The van der Waals surface area contributed by atoms with Gasteiger partial charge in [0.15, 0.2) is 0 Å². The van der Waals surface area contributed by atoms with Gasteiger partial charge in [0, 0.05) is 12.6 Å². The van der Waals surface area contributed by atoms with Crippen molar-refractivity contribution in [3.05, 3.63) is 64.9 Å². The maximum Gasteiger partial charge on any atom is 0.338 e. The zero-order chi connectivity index (χ0) is 24.8. The topological polar surface area (TPSA) is 86.3 Å². The molecular weight excluding hydrogens is 436 g/mol. The van der Waals surface area contributed by atoms with Crippen LogP contribution in [0.5, 0.6) is 17.2 Å². The monoisotopic (exact) mass is 468 g/mol. The zero-order valence-corrected chi connectivity index (χ0v) is 20.5. The highest BCUT2D eigenvalue weighted by Gasteiger charge is 2.38. The molecule has 182 valence electrons. The Morgan fingerprint density at radius 1 is 1.09 bits per heavy atom. The Balaban J connectivity index is 2.12. The minimum Gasteiger partial charge on any atom is -0.497 e. The third-order valence-corrected chi connectivity index (χ3v) is 5.73. The van der Waals surface area contributed by atoms with Crippen molar-refractivity contribution < 1.29 is 28.5 Å². The number of methoxy groups -OCH3 is 2. The number of rotatable bonds is 9. The molecule has 8 nitrogen and oxygen atoms in total. The summed E-state index contributed by atoms with van der Waals surface area (Å²) in [6.45, 7) is 6.09. The van der Waals surface area contributed by atoms with Gasteiger partial charge in [0.05, 0.1) is 38.1 Å². The van der Waals surface area contributed by atoms with Crippen molar-refractivity contribution in [3.8, 4) is 17.2 Å². The van der Waals surface area contributed by atoms with Gasteiger partial charge in [-0.1, -0.05) is 32.0 Å². The molecule has 0 saturated carbocycles. The van der Waals surface area contributed by atoms with Crippen LogP contribution in [0.4, 0.5) is 4.79 Å². The summed E-state index contributed by atoms with van der Waals surface area (Å²) >= 11 is 0. The largest absolute Gasteiger partial charge is 0.497 e. The molecule has 2 aromatic rings. The van der Waals surface area contributed by atoms with Crippen molar-refractivity contribution in [2.75, 3.05) is 34.5 Å². The number of benzene rings is 2. The smallest absolute Gasteiger partial charge is 0.338 e. The summed E-state index contributed by atoms with van der Waals surface area (Å²) in [6, 6.07) is 11.8. The number of carbonyl (C=O) groups excluding carboxylic acids is 2. The second-order valence-electron chi connectivity index (χ2n) is 8.11. The fourth-order valence-corrected chi connectivity index (χ4v) is 3.91. The Morgan fingerprint density at radius 3 is 2.47 bits per heavy atom. The van der Waals surface area contributed by atoms with E-state index in [1.165, 1.54) is 12.0 Å². The molecule has 0 aliphatic carbocycles. The van der Waals surface area contributed by atoms with Crippen LogP contribution in [0.15, 0.2) is 53.7 Å². The van der Waals surface area contributed by atoms with Crippen LogP contribution in [-0.4, -0.2) is 51.4 Å². The van der Waals surface area contributed by atoms with Crippen LogP contribution in [0.25, 0.3) is 0 Å². The molecule has 0 saturated heterocycles. The Labute approximate surface area is 200 Å². The van der Waals surface area contributed by atoms with E-state index in [2.05, 4.69) is 19.2 Å². The lowest BCUT2D eigenvalue weighted by molar-refractivity contribution is -0.139. The van der Waals surface area contributed by atoms with Crippen molar-refractivity contribution in [3.63, 3.8) is 0 Å². The molecule has 0 fully saturated rings. The Bertz CT molecular complexity index is 1080. The van der Waals surface area contributed by atoms with E-state index in [4.69, 9.17) is 18.9 Å². The summed E-state index contributed by atoms with van der Waals surface area (Å²) < 4.78 is 22.4. The van der Waals surface area contributed by atoms with Gasteiger partial charge in [-0.15, -0.1) is 0 Å². The third-order valence-electron chi connectivity index (χ3n) is 5.73. The lowest BCUT2D eigenvalue weighted by Gasteiger charge is -2.35. The summed E-state index contributed by atoms with van der Waals surface area (Å²) in [5, 5.41) is 2.89. The molecule has 0 aromatic heterocycles. The number of likely N-dealkylation sites (N-methyl/N-ethyl adjacent to an activating group) is 1. The zero-order valence-electron chi connectivity index (χ0n) is 20.5. The first kappa shape index (κ1) is 25.0. The number of carbonyl (C=O) groups is 2. The van der Waals surface area contributed by atoms with E-state index in [0.29, 0.717) is 28.5 Å². The number of nitrogens with one attached hydrogen (secondary N) is 1. The van der Waals surface area contributed by atoms with Crippen LogP contribution in [-0.2, 0) is 9.53 Å². The molecule has 1 atom stereocenters. The van der Waals surface area contributed by atoms with Crippen LogP contribution >= 0.6 is 0 Å². The van der Waals surface area contributed by atoms with Gasteiger partial charge in [-0.25, -0.2) is 9.59 Å². The SMILES string of the molecule is CCOC(=O)C1=C(COc2ccccc2C(C)C)N(C)C(=O)N[C@H]1c1cc(OC)ccc1OC. The first-order valence-corrected chi connectivity index (χ1v) is 11.2. The Kier molecular flexibility index (Phi) is 8.04. The molecule has 0 bridgehead atoms. The maximum atomic E-state index is 13.2. The van der Waals surface area contributed by atoms with E-state index in [-0.39, 0.29) is 30.7 Å². The minimum absolute atomic E-state index is 0.00455. The van der Waals surface area contributed by atoms with Crippen LogP contribution in [0.1, 0.15) is 43.9 Å². The van der Waals surface area contributed by atoms with Gasteiger partial charge in [-0.05, 0) is 42.7 Å². The highest BCUT2D eigenvalue weighted by Crippen LogP contribution is 2.38. The van der Waals surface area contributed by atoms with Gasteiger partial charge in [-0.2, -0.15) is 0 Å². The number of urea groups is 1. The first-order chi connectivity index (χ1) is 16.3. The first-order valence-electron chi connectivity index (χ1n) is 11.2. The second kappa shape index (κ2) is 11.0. The van der Waals surface area contributed by atoms with Gasteiger partial charge in [0.2, 0.25) is 0 Å². The normalized spacial score (nSPS) is 15.8. The molecule has 34 heavy (non-hydrogen) atoms. The van der Waals surface area contributed by atoms with Crippen LogP contribution in [0.2, 0.25) is 0 Å². The van der Waals surface area contributed by atoms with E-state index in [9.17, 15) is 9.59 Å². The fourth-order valence-electron chi connectivity index (χ4n) is 3.91. The molecule has 2 aromatic carbocycles. The highest BCUT2D eigenvalue weighted by molar-refractivity contribution is 5.95. The fraction of sp³-hybridized carbons (Fsp3) is 0.385. The average Bonchev–Trinajstić information content (AvgIpc) is 2.84. The lowest BCUT2D eigenvalue weighted by atomic mass is 9.93. The molecule has 0 spiro atoms. The van der Waals surface area contributed by atoms with Gasteiger partial charge in [0.1, 0.15) is 23.9 Å². The summed E-state index contributed by atoms with van der Waals surface area (Å²) in [5.74, 6) is 1.47. The molecule has 1 aliphatic heterocycles. The highest BCUT2D eigenvalue weighted by atomic mass is 16.5. The second-order valence-corrected chi connectivity index (χ2v) is 8.11. The molecule has 8 heteroatoms. The van der Waals surface area contributed by atoms with E-state index in [1.54, 1.807) is 39.3 Å². The number of hydrogen-bond acceptors (Lipinski definition) is 6. The van der Waals surface area contributed by atoms with Crippen molar-refractivity contribution in [1.29, 1.82) is 0 Å². The van der Waals surface area contributed by atoms with Crippen molar-refractivity contribution >= 4 is 12.0 Å². The molecule has 0 radical (unpaired) electrons. The maximum absolute atomic E-state index is 13.2. The molecular formula is C26H32N2O6.